The molecule has 1 saturated heterocycles. The Morgan fingerprint density at radius 3 is 2.85 bits per heavy atom. The molecule has 0 saturated carbocycles. The van der Waals surface area contributed by atoms with Crippen LogP contribution in [0, 0.1) is 11.3 Å². The van der Waals surface area contributed by atoms with Crippen molar-refractivity contribution < 1.29 is 4.79 Å². The first-order chi connectivity index (χ1) is 15.9. The molecule has 1 aliphatic heterocycles. The summed E-state index contributed by atoms with van der Waals surface area (Å²) >= 11 is 0. The number of nitrogens with one attached hydrogen (secondary N) is 2. The third kappa shape index (κ3) is 4.56. The van der Waals surface area contributed by atoms with Crippen LogP contribution < -0.4 is 15.8 Å². The Kier molecular flexibility index (Phi) is 6.38. The van der Waals surface area contributed by atoms with Crippen molar-refractivity contribution in [1.29, 1.82) is 5.26 Å². The first-order valence-corrected chi connectivity index (χ1v) is 11.1. The average molecular weight is 446 g/mol. The van der Waals surface area contributed by atoms with E-state index in [0.717, 1.165) is 54.0 Å². The van der Waals surface area contributed by atoms with Crippen molar-refractivity contribution in [2.75, 3.05) is 31.6 Å². The molecule has 1 fully saturated rings. The Labute approximate surface area is 192 Å². The molecule has 0 aromatic carbocycles. The number of aromatic nitrogens is 3. The molecule has 1 amide bonds. The predicted molar refractivity (Wildman–Crippen MR) is 126 cm³/mol. The van der Waals surface area contributed by atoms with Gasteiger partial charge in [-0.3, -0.25) is 19.5 Å². The van der Waals surface area contributed by atoms with Crippen LogP contribution in [0.2, 0.25) is 0 Å². The van der Waals surface area contributed by atoms with Gasteiger partial charge in [0.05, 0.1) is 16.7 Å². The van der Waals surface area contributed by atoms with Gasteiger partial charge in [0.25, 0.3) is 11.5 Å². The second-order valence-electron chi connectivity index (χ2n) is 8.29. The molecule has 4 heterocycles. The highest BCUT2D eigenvalue weighted by atomic mass is 16.1. The van der Waals surface area contributed by atoms with E-state index in [-0.39, 0.29) is 28.9 Å². The van der Waals surface area contributed by atoms with E-state index in [9.17, 15) is 14.9 Å². The molecule has 0 bridgehead atoms. The minimum absolute atomic E-state index is 0.0597. The van der Waals surface area contributed by atoms with E-state index in [0.29, 0.717) is 6.42 Å². The van der Waals surface area contributed by atoms with Gasteiger partial charge in [0, 0.05) is 51.0 Å². The normalized spacial score (nSPS) is 16.5. The zero-order chi connectivity index (χ0) is 23.5. The summed E-state index contributed by atoms with van der Waals surface area (Å²) in [7, 11) is 1.54. The van der Waals surface area contributed by atoms with Crippen LogP contribution in [0.15, 0.2) is 35.3 Å². The lowest BCUT2D eigenvalue weighted by atomic mass is 10.1. The molecule has 9 nitrogen and oxygen atoms in total. The van der Waals surface area contributed by atoms with Crippen LogP contribution in [-0.2, 0) is 13.0 Å². The molecule has 33 heavy (non-hydrogen) atoms. The van der Waals surface area contributed by atoms with Gasteiger partial charge in [0.2, 0.25) is 0 Å². The minimum atomic E-state index is -0.313. The van der Waals surface area contributed by atoms with Crippen LogP contribution in [0.1, 0.15) is 41.2 Å². The number of piperazine rings is 1. The van der Waals surface area contributed by atoms with Gasteiger partial charge in [-0.1, -0.05) is 6.92 Å². The van der Waals surface area contributed by atoms with Gasteiger partial charge < -0.3 is 15.2 Å². The molecular weight excluding hydrogens is 418 g/mol. The number of anilines is 1. The van der Waals surface area contributed by atoms with Gasteiger partial charge in [-0.2, -0.15) is 5.26 Å². The number of pyridine rings is 3. The molecule has 9 heteroatoms. The lowest BCUT2D eigenvalue weighted by molar-refractivity contribution is 0.0958. The summed E-state index contributed by atoms with van der Waals surface area (Å²) in [6.45, 7) is 7.12. The van der Waals surface area contributed by atoms with Crippen molar-refractivity contribution in [3.8, 4) is 6.07 Å². The van der Waals surface area contributed by atoms with E-state index in [1.165, 1.54) is 7.05 Å². The largest absolute Gasteiger partial charge is 0.364 e. The summed E-state index contributed by atoms with van der Waals surface area (Å²) in [4.78, 5) is 40.2. The molecule has 0 unspecified atom stereocenters. The SMILES string of the molecule is CCc1cc2ncc(CN3CCN(c4ccc(C(=O)NC)nc4C#N)[C@H](C)C3)cc2[nH]c1=O. The molecule has 4 rings (SSSR count). The highest BCUT2D eigenvalue weighted by Crippen LogP contribution is 2.25. The molecular formula is C24H27N7O2. The van der Waals surface area contributed by atoms with Crippen molar-refractivity contribution >= 4 is 22.6 Å². The van der Waals surface area contributed by atoms with Crippen LogP contribution >= 0.6 is 0 Å². The van der Waals surface area contributed by atoms with E-state index in [1.807, 2.05) is 25.3 Å². The van der Waals surface area contributed by atoms with Crippen molar-refractivity contribution in [2.24, 2.45) is 0 Å². The van der Waals surface area contributed by atoms with E-state index in [4.69, 9.17) is 0 Å². The summed E-state index contributed by atoms with van der Waals surface area (Å²) in [5.41, 5.74) is 4.50. The van der Waals surface area contributed by atoms with Crippen LogP contribution in [0.4, 0.5) is 5.69 Å². The molecule has 0 aliphatic carbocycles. The quantitative estimate of drug-likeness (QED) is 0.615. The van der Waals surface area contributed by atoms with Gasteiger partial charge >= 0.3 is 0 Å². The maximum atomic E-state index is 12.2. The van der Waals surface area contributed by atoms with E-state index in [2.05, 4.69) is 43.1 Å². The van der Waals surface area contributed by atoms with Crippen molar-refractivity contribution in [3.05, 3.63) is 63.3 Å². The Hall–Kier alpha value is -3.77. The maximum Gasteiger partial charge on any atom is 0.269 e. The molecule has 1 atom stereocenters. The molecule has 0 radical (unpaired) electrons. The fourth-order valence-electron chi connectivity index (χ4n) is 4.33. The van der Waals surface area contributed by atoms with Gasteiger partial charge in [-0.05, 0) is 43.2 Å². The van der Waals surface area contributed by atoms with Crippen molar-refractivity contribution in [3.63, 3.8) is 0 Å². The van der Waals surface area contributed by atoms with Gasteiger partial charge in [0.15, 0.2) is 5.69 Å². The monoisotopic (exact) mass is 445 g/mol. The number of carbonyl (C=O) groups is 1. The number of aromatic amines is 1. The second kappa shape index (κ2) is 9.38. The highest BCUT2D eigenvalue weighted by molar-refractivity contribution is 5.92. The fourth-order valence-corrected chi connectivity index (χ4v) is 4.33. The number of rotatable bonds is 5. The topological polar surface area (TPSA) is 118 Å². The molecule has 3 aromatic heterocycles. The van der Waals surface area contributed by atoms with Crippen LogP contribution in [0.5, 0.6) is 0 Å². The van der Waals surface area contributed by atoms with Crippen molar-refractivity contribution in [2.45, 2.75) is 32.9 Å². The van der Waals surface area contributed by atoms with Crippen LogP contribution in [0.25, 0.3) is 11.0 Å². The van der Waals surface area contributed by atoms with E-state index < -0.39 is 0 Å². The highest BCUT2D eigenvalue weighted by Gasteiger charge is 2.26. The van der Waals surface area contributed by atoms with Gasteiger partial charge in [-0.25, -0.2) is 4.98 Å². The molecule has 0 spiro atoms. The summed E-state index contributed by atoms with van der Waals surface area (Å²) in [6, 6.07) is 9.59. The smallest absolute Gasteiger partial charge is 0.269 e. The predicted octanol–water partition coefficient (Wildman–Crippen LogP) is 1.82. The van der Waals surface area contributed by atoms with Gasteiger partial charge in [-0.15, -0.1) is 0 Å². The lowest BCUT2D eigenvalue weighted by Crippen LogP contribution is -2.52. The molecule has 2 N–H and O–H groups in total. The van der Waals surface area contributed by atoms with E-state index in [1.54, 1.807) is 12.1 Å². The number of nitriles is 1. The number of amides is 1. The fraction of sp³-hybridized carbons (Fsp3) is 0.375. The summed E-state index contributed by atoms with van der Waals surface area (Å²) in [5.74, 6) is -0.313. The number of carbonyl (C=O) groups excluding carboxylic acids is 1. The Bertz CT molecular complexity index is 1290. The van der Waals surface area contributed by atoms with Crippen LogP contribution in [-0.4, -0.2) is 58.5 Å². The molecule has 170 valence electrons. The molecule has 1 aliphatic rings. The van der Waals surface area contributed by atoms with Gasteiger partial charge in [0.1, 0.15) is 11.8 Å². The third-order valence-electron chi connectivity index (χ3n) is 6.07. The number of fused-ring (bicyclic) bond motifs is 1. The Balaban J connectivity index is 1.48. The summed E-state index contributed by atoms with van der Waals surface area (Å²) < 4.78 is 0. The standard InChI is InChI=1S/C24H27N7O2/c1-4-17-10-19-20(29-23(17)32)9-16(12-27-19)14-30-7-8-31(15(2)13-30)22-6-5-18(24(33)26-3)28-21(22)11-25/h5-6,9-10,12,15H,4,7-8,13-14H2,1-3H3,(H,26,33)(H,29,32)/t15-/m1/s1. The van der Waals surface area contributed by atoms with Crippen molar-refractivity contribution in [1.82, 2.24) is 25.2 Å². The Morgan fingerprint density at radius 2 is 2.15 bits per heavy atom. The average Bonchev–Trinajstić information content (AvgIpc) is 2.83. The third-order valence-corrected chi connectivity index (χ3v) is 6.07. The summed E-state index contributed by atoms with van der Waals surface area (Å²) in [5, 5.41) is 12.1. The number of nitrogens with zero attached hydrogens (tertiary/aromatic N) is 5. The van der Waals surface area contributed by atoms with Crippen LogP contribution in [0.3, 0.4) is 0 Å². The first kappa shape index (κ1) is 22.4. The Morgan fingerprint density at radius 1 is 1.33 bits per heavy atom. The molecule has 3 aromatic rings. The number of hydrogen-bond donors (Lipinski definition) is 2. The number of aryl methyl sites for hydroxylation is 1. The summed E-state index contributed by atoms with van der Waals surface area (Å²) in [6.07, 6.45) is 2.54. The lowest BCUT2D eigenvalue weighted by Gasteiger charge is -2.41. The second-order valence-corrected chi connectivity index (χ2v) is 8.29. The minimum Gasteiger partial charge on any atom is -0.364 e. The zero-order valence-corrected chi connectivity index (χ0v) is 19.1. The maximum absolute atomic E-state index is 12.2. The number of H-pyrrole nitrogens is 1. The van der Waals surface area contributed by atoms with E-state index >= 15 is 0 Å². The zero-order valence-electron chi connectivity index (χ0n) is 19.1. The first-order valence-electron chi connectivity index (χ1n) is 11.1. The number of hydrogen-bond acceptors (Lipinski definition) is 7.